The molecule has 0 bridgehead atoms. The number of nitrogens with zero attached hydrogens (tertiary/aromatic N) is 1. The molecule has 1 aromatic heterocycles. The monoisotopic (exact) mass is 242 g/mol. The predicted octanol–water partition coefficient (Wildman–Crippen LogP) is 3.29. The Balaban J connectivity index is 2.70. The Morgan fingerprint density at radius 2 is 2.12 bits per heavy atom. The van der Waals surface area contributed by atoms with Crippen molar-refractivity contribution in [2.75, 3.05) is 6.61 Å². The first-order chi connectivity index (χ1) is 7.60. The lowest BCUT2D eigenvalue weighted by molar-refractivity contribution is 0.0760. The van der Waals surface area contributed by atoms with Crippen molar-refractivity contribution in [3.63, 3.8) is 0 Å². The topological polar surface area (TPSA) is 48.1 Å². The van der Waals surface area contributed by atoms with Crippen LogP contribution in [0, 0.1) is 5.92 Å². The van der Waals surface area contributed by atoms with E-state index in [0.717, 1.165) is 17.1 Å². The number of ether oxygens (including phenoxy) is 1. The first-order valence-electron chi connectivity index (χ1n) is 5.92. The normalized spacial score (nSPS) is 17.1. The van der Waals surface area contributed by atoms with E-state index in [2.05, 4.69) is 24.2 Å². The van der Waals surface area contributed by atoms with Gasteiger partial charge in [-0.05, 0) is 19.8 Å². The summed E-state index contributed by atoms with van der Waals surface area (Å²) >= 11 is 1.64. The van der Waals surface area contributed by atoms with Gasteiger partial charge in [0.15, 0.2) is 0 Å². The van der Waals surface area contributed by atoms with Crippen molar-refractivity contribution >= 4 is 11.3 Å². The van der Waals surface area contributed by atoms with Gasteiger partial charge in [0.2, 0.25) is 0 Å². The van der Waals surface area contributed by atoms with Crippen molar-refractivity contribution < 1.29 is 4.74 Å². The molecule has 1 aromatic rings. The number of hydrogen-bond acceptors (Lipinski definition) is 4. The molecule has 3 atom stereocenters. The van der Waals surface area contributed by atoms with Crippen molar-refractivity contribution in [2.45, 2.75) is 46.3 Å². The zero-order valence-corrected chi connectivity index (χ0v) is 11.4. The molecule has 3 nitrogen and oxygen atoms in total. The van der Waals surface area contributed by atoms with Crippen molar-refractivity contribution in [1.82, 2.24) is 4.98 Å². The van der Waals surface area contributed by atoms with E-state index in [1.54, 1.807) is 11.3 Å². The standard InChI is InChI=1S/C12H22N2OS/c1-5-8(3)11(13)10-7-16-12(14-10)9(4)15-6-2/h7-9,11H,5-6,13H2,1-4H3. The zero-order chi connectivity index (χ0) is 12.1. The van der Waals surface area contributed by atoms with E-state index in [-0.39, 0.29) is 12.1 Å². The van der Waals surface area contributed by atoms with Gasteiger partial charge in [-0.3, -0.25) is 0 Å². The van der Waals surface area contributed by atoms with E-state index < -0.39 is 0 Å². The van der Waals surface area contributed by atoms with E-state index in [1.807, 2.05) is 13.8 Å². The number of rotatable bonds is 6. The maximum atomic E-state index is 6.14. The quantitative estimate of drug-likeness (QED) is 0.832. The molecule has 16 heavy (non-hydrogen) atoms. The lowest BCUT2D eigenvalue weighted by Gasteiger charge is -2.15. The van der Waals surface area contributed by atoms with Crippen molar-refractivity contribution in [1.29, 1.82) is 0 Å². The fourth-order valence-electron chi connectivity index (χ4n) is 1.51. The molecule has 0 aliphatic rings. The van der Waals surface area contributed by atoms with Crippen LogP contribution < -0.4 is 5.73 Å². The molecule has 1 rings (SSSR count). The fraction of sp³-hybridized carbons (Fsp3) is 0.750. The summed E-state index contributed by atoms with van der Waals surface area (Å²) in [7, 11) is 0. The van der Waals surface area contributed by atoms with Crippen LogP contribution in [0.5, 0.6) is 0 Å². The van der Waals surface area contributed by atoms with Crippen LogP contribution in [0.3, 0.4) is 0 Å². The molecule has 0 fully saturated rings. The van der Waals surface area contributed by atoms with Gasteiger partial charge in [0, 0.05) is 12.0 Å². The van der Waals surface area contributed by atoms with Crippen LogP contribution in [-0.4, -0.2) is 11.6 Å². The molecule has 1 heterocycles. The average Bonchev–Trinajstić information content (AvgIpc) is 2.76. The fourth-order valence-corrected chi connectivity index (χ4v) is 2.38. The number of hydrogen-bond donors (Lipinski definition) is 1. The van der Waals surface area contributed by atoms with Gasteiger partial charge in [0.05, 0.1) is 11.7 Å². The highest BCUT2D eigenvalue weighted by atomic mass is 32.1. The molecule has 4 heteroatoms. The average molecular weight is 242 g/mol. The van der Waals surface area contributed by atoms with Crippen LogP contribution in [-0.2, 0) is 4.74 Å². The number of nitrogens with two attached hydrogens (primary N) is 1. The smallest absolute Gasteiger partial charge is 0.122 e. The Morgan fingerprint density at radius 3 is 2.69 bits per heavy atom. The predicted molar refractivity (Wildman–Crippen MR) is 68.5 cm³/mol. The molecule has 0 aliphatic heterocycles. The van der Waals surface area contributed by atoms with Crippen LogP contribution >= 0.6 is 11.3 Å². The molecule has 2 N–H and O–H groups in total. The Labute approximate surface area is 102 Å². The second-order valence-corrected chi connectivity index (χ2v) is 5.01. The Kier molecular flexibility index (Phi) is 5.38. The highest BCUT2D eigenvalue weighted by Crippen LogP contribution is 2.27. The molecule has 0 aliphatic carbocycles. The minimum Gasteiger partial charge on any atom is -0.372 e. The molecular weight excluding hydrogens is 220 g/mol. The minimum absolute atomic E-state index is 0.0452. The summed E-state index contributed by atoms with van der Waals surface area (Å²) in [6.45, 7) is 9.06. The van der Waals surface area contributed by atoms with Gasteiger partial charge < -0.3 is 10.5 Å². The summed E-state index contributed by atoms with van der Waals surface area (Å²) in [4.78, 5) is 4.57. The van der Waals surface area contributed by atoms with Gasteiger partial charge in [0.25, 0.3) is 0 Å². The molecule has 0 saturated carbocycles. The summed E-state index contributed by atoms with van der Waals surface area (Å²) < 4.78 is 5.51. The Bertz CT molecular complexity index is 314. The lowest BCUT2D eigenvalue weighted by Crippen LogP contribution is -2.19. The third kappa shape index (κ3) is 3.27. The van der Waals surface area contributed by atoms with E-state index in [1.165, 1.54) is 0 Å². The van der Waals surface area contributed by atoms with Crippen molar-refractivity contribution in [3.05, 3.63) is 16.1 Å². The molecule has 0 radical (unpaired) electrons. The maximum absolute atomic E-state index is 6.14. The van der Waals surface area contributed by atoms with E-state index in [4.69, 9.17) is 10.5 Å². The summed E-state index contributed by atoms with van der Waals surface area (Å²) in [5.41, 5.74) is 7.14. The van der Waals surface area contributed by atoms with Crippen LogP contribution in [0.4, 0.5) is 0 Å². The van der Waals surface area contributed by atoms with Gasteiger partial charge in [0.1, 0.15) is 11.1 Å². The molecule has 3 unspecified atom stereocenters. The first kappa shape index (κ1) is 13.6. The lowest BCUT2D eigenvalue weighted by atomic mass is 9.98. The third-order valence-electron chi connectivity index (χ3n) is 2.90. The summed E-state index contributed by atoms with van der Waals surface area (Å²) in [5, 5.41) is 3.08. The van der Waals surface area contributed by atoms with E-state index in [9.17, 15) is 0 Å². The number of aromatic nitrogens is 1. The summed E-state index contributed by atoms with van der Waals surface area (Å²) in [6, 6.07) is 0.0452. The zero-order valence-electron chi connectivity index (χ0n) is 10.6. The van der Waals surface area contributed by atoms with Crippen LogP contribution in [0.2, 0.25) is 0 Å². The minimum atomic E-state index is 0.0452. The third-order valence-corrected chi connectivity index (χ3v) is 3.93. The summed E-state index contributed by atoms with van der Waals surface area (Å²) in [6.07, 6.45) is 1.16. The van der Waals surface area contributed by atoms with Crippen molar-refractivity contribution in [2.24, 2.45) is 11.7 Å². The van der Waals surface area contributed by atoms with Gasteiger partial charge in [-0.2, -0.15) is 0 Å². The van der Waals surface area contributed by atoms with Crippen LogP contribution in [0.25, 0.3) is 0 Å². The van der Waals surface area contributed by atoms with Crippen LogP contribution in [0.1, 0.15) is 57.0 Å². The highest BCUT2D eigenvalue weighted by Gasteiger charge is 2.18. The van der Waals surface area contributed by atoms with Gasteiger partial charge in [-0.15, -0.1) is 11.3 Å². The van der Waals surface area contributed by atoms with Crippen molar-refractivity contribution in [3.8, 4) is 0 Å². The summed E-state index contributed by atoms with van der Waals surface area (Å²) in [5.74, 6) is 0.470. The Morgan fingerprint density at radius 1 is 1.44 bits per heavy atom. The van der Waals surface area contributed by atoms with Crippen LogP contribution in [0.15, 0.2) is 5.38 Å². The molecule has 0 aromatic carbocycles. The van der Waals surface area contributed by atoms with E-state index in [0.29, 0.717) is 12.5 Å². The second kappa shape index (κ2) is 6.33. The molecule has 0 saturated heterocycles. The Hall–Kier alpha value is -0.450. The van der Waals surface area contributed by atoms with Gasteiger partial charge >= 0.3 is 0 Å². The SMILES string of the molecule is CCOC(C)c1nc(C(N)C(C)CC)cs1. The van der Waals surface area contributed by atoms with Gasteiger partial charge in [-0.25, -0.2) is 4.98 Å². The maximum Gasteiger partial charge on any atom is 0.122 e. The first-order valence-corrected chi connectivity index (χ1v) is 6.80. The van der Waals surface area contributed by atoms with Gasteiger partial charge in [-0.1, -0.05) is 20.3 Å². The molecule has 92 valence electrons. The molecular formula is C12H22N2OS. The van der Waals surface area contributed by atoms with E-state index >= 15 is 0 Å². The molecule has 0 spiro atoms. The number of thiazole rings is 1. The largest absolute Gasteiger partial charge is 0.372 e. The second-order valence-electron chi connectivity index (χ2n) is 4.12. The molecule has 0 amide bonds. The highest BCUT2D eigenvalue weighted by molar-refractivity contribution is 7.09.